The molecule has 2 aliphatic rings. The molecule has 0 aromatic heterocycles. The second kappa shape index (κ2) is 3.39. The van der Waals surface area contributed by atoms with Gasteiger partial charge in [0.2, 0.25) is 0 Å². The fourth-order valence-electron chi connectivity index (χ4n) is 2.15. The van der Waals surface area contributed by atoms with Crippen molar-refractivity contribution in [3.05, 3.63) is 0 Å². The van der Waals surface area contributed by atoms with E-state index in [2.05, 4.69) is 5.92 Å². The summed E-state index contributed by atoms with van der Waals surface area (Å²) < 4.78 is 10.8. The number of likely N-dealkylation sites (tertiary alicyclic amines) is 1. The Balaban J connectivity index is 2.04. The summed E-state index contributed by atoms with van der Waals surface area (Å²) in [5.74, 6) is 2.64. The van der Waals surface area contributed by atoms with E-state index in [9.17, 15) is 4.79 Å². The summed E-state index contributed by atoms with van der Waals surface area (Å²) >= 11 is 0. The summed E-state index contributed by atoms with van der Waals surface area (Å²) in [6.45, 7) is 6.53. The summed E-state index contributed by atoms with van der Waals surface area (Å²) in [5, 5.41) is 0. The number of fused-ring (bicyclic) bond motifs is 2. The Hall–Kier alpha value is -1.21. The average Bonchev–Trinajstić information content (AvgIpc) is 2.72. The van der Waals surface area contributed by atoms with Crippen LogP contribution in [0.5, 0.6) is 0 Å². The zero-order valence-corrected chi connectivity index (χ0v) is 9.95. The van der Waals surface area contributed by atoms with Crippen molar-refractivity contribution in [2.45, 2.75) is 44.4 Å². The maximum atomic E-state index is 11.9. The fraction of sp³-hybridized carbons (Fsp3) is 0.750. The van der Waals surface area contributed by atoms with Crippen molar-refractivity contribution in [2.24, 2.45) is 0 Å². The van der Waals surface area contributed by atoms with Gasteiger partial charge in [-0.05, 0) is 20.8 Å². The van der Waals surface area contributed by atoms with Crippen molar-refractivity contribution >= 4 is 6.09 Å². The molecule has 2 fully saturated rings. The Morgan fingerprint density at radius 1 is 1.62 bits per heavy atom. The van der Waals surface area contributed by atoms with Gasteiger partial charge in [-0.25, -0.2) is 4.79 Å². The van der Waals surface area contributed by atoms with Crippen LogP contribution >= 0.6 is 0 Å². The standard InChI is InChI=1S/C12H17NO3/c1-5-12-6-9(7-15-12)13(8-12)10(14)16-11(2,3)4/h1,9H,6-8H2,2-4H3/t9-,12-/m0/s1. The van der Waals surface area contributed by atoms with Crippen LogP contribution in [-0.2, 0) is 9.47 Å². The highest BCUT2D eigenvalue weighted by molar-refractivity contribution is 5.69. The summed E-state index contributed by atoms with van der Waals surface area (Å²) in [7, 11) is 0. The maximum Gasteiger partial charge on any atom is 0.410 e. The Bertz CT molecular complexity index is 352. The highest BCUT2D eigenvalue weighted by Gasteiger charge is 2.52. The predicted octanol–water partition coefficient (Wildman–Crippen LogP) is 1.40. The van der Waals surface area contributed by atoms with Crippen LogP contribution in [0, 0.1) is 12.3 Å². The molecule has 0 N–H and O–H groups in total. The van der Waals surface area contributed by atoms with Crippen LogP contribution in [0.15, 0.2) is 0 Å². The molecule has 0 saturated carbocycles. The fourth-order valence-corrected chi connectivity index (χ4v) is 2.15. The molecule has 4 nitrogen and oxygen atoms in total. The lowest BCUT2D eigenvalue weighted by molar-refractivity contribution is -0.0279. The SMILES string of the molecule is C#C[C@@]12C[C@@H](CO1)N(C(=O)OC(C)(C)C)C2. The number of carbonyl (C=O) groups is 1. The van der Waals surface area contributed by atoms with Crippen molar-refractivity contribution in [2.75, 3.05) is 13.2 Å². The van der Waals surface area contributed by atoms with E-state index in [4.69, 9.17) is 15.9 Å². The highest BCUT2D eigenvalue weighted by atomic mass is 16.6. The summed E-state index contributed by atoms with van der Waals surface area (Å²) in [6.07, 6.45) is 5.87. The van der Waals surface area contributed by atoms with Crippen LogP contribution in [0.2, 0.25) is 0 Å². The second-order valence-electron chi connectivity index (χ2n) is 5.42. The molecule has 2 aliphatic heterocycles. The molecule has 0 aliphatic carbocycles. The molecule has 0 radical (unpaired) electrons. The summed E-state index contributed by atoms with van der Waals surface area (Å²) in [6, 6.07) is 0.0749. The number of carbonyl (C=O) groups excluding carboxylic acids is 1. The van der Waals surface area contributed by atoms with Crippen LogP contribution in [0.4, 0.5) is 4.79 Å². The van der Waals surface area contributed by atoms with E-state index >= 15 is 0 Å². The molecule has 88 valence electrons. The molecular formula is C12H17NO3. The van der Waals surface area contributed by atoms with E-state index < -0.39 is 11.2 Å². The molecule has 16 heavy (non-hydrogen) atoms. The van der Waals surface area contributed by atoms with Gasteiger partial charge in [0.1, 0.15) is 11.2 Å². The van der Waals surface area contributed by atoms with Gasteiger partial charge in [-0.1, -0.05) is 5.92 Å². The average molecular weight is 223 g/mol. The van der Waals surface area contributed by atoms with E-state index in [1.54, 1.807) is 4.90 Å². The lowest BCUT2D eigenvalue weighted by Crippen LogP contribution is -2.47. The number of terminal acetylenes is 1. The van der Waals surface area contributed by atoms with Crippen LogP contribution in [-0.4, -0.2) is 41.4 Å². The normalized spacial score (nSPS) is 32.6. The van der Waals surface area contributed by atoms with E-state index in [-0.39, 0.29) is 12.1 Å². The van der Waals surface area contributed by atoms with Crippen LogP contribution < -0.4 is 0 Å². The van der Waals surface area contributed by atoms with Gasteiger partial charge >= 0.3 is 6.09 Å². The Morgan fingerprint density at radius 2 is 2.31 bits per heavy atom. The van der Waals surface area contributed by atoms with Crippen LogP contribution in [0.25, 0.3) is 0 Å². The Labute approximate surface area is 95.9 Å². The number of morpholine rings is 1. The smallest absolute Gasteiger partial charge is 0.410 e. The van der Waals surface area contributed by atoms with Crippen molar-refractivity contribution in [1.82, 2.24) is 4.90 Å². The van der Waals surface area contributed by atoms with Gasteiger partial charge in [0.05, 0.1) is 19.2 Å². The third-order valence-electron chi connectivity index (χ3n) is 2.87. The molecule has 4 heteroatoms. The van der Waals surface area contributed by atoms with E-state index in [1.807, 2.05) is 20.8 Å². The Morgan fingerprint density at radius 3 is 2.81 bits per heavy atom. The molecule has 2 bridgehead atoms. The van der Waals surface area contributed by atoms with E-state index in [1.165, 1.54) is 0 Å². The molecule has 0 spiro atoms. The van der Waals surface area contributed by atoms with Gasteiger partial charge < -0.3 is 9.47 Å². The van der Waals surface area contributed by atoms with Gasteiger partial charge in [-0.3, -0.25) is 4.90 Å². The van der Waals surface area contributed by atoms with Crippen molar-refractivity contribution in [3.63, 3.8) is 0 Å². The minimum atomic E-state index is -0.568. The third-order valence-corrected chi connectivity index (χ3v) is 2.87. The minimum Gasteiger partial charge on any atom is -0.444 e. The number of rotatable bonds is 0. The third kappa shape index (κ3) is 1.88. The minimum absolute atomic E-state index is 0.0749. The molecule has 2 saturated heterocycles. The topological polar surface area (TPSA) is 38.8 Å². The molecule has 1 amide bonds. The van der Waals surface area contributed by atoms with Gasteiger partial charge in [0.15, 0.2) is 0 Å². The van der Waals surface area contributed by atoms with Crippen molar-refractivity contribution in [1.29, 1.82) is 0 Å². The molecular weight excluding hydrogens is 206 g/mol. The van der Waals surface area contributed by atoms with E-state index in [0.717, 1.165) is 6.42 Å². The first-order valence-corrected chi connectivity index (χ1v) is 5.47. The summed E-state index contributed by atoms with van der Waals surface area (Å²) in [4.78, 5) is 13.6. The molecule has 0 unspecified atom stereocenters. The number of nitrogens with zero attached hydrogens (tertiary/aromatic N) is 1. The monoisotopic (exact) mass is 223 g/mol. The van der Waals surface area contributed by atoms with Gasteiger partial charge in [0.25, 0.3) is 0 Å². The van der Waals surface area contributed by atoms with E-state index in [0.29, 0.717) is 13.2 Å². The maximum absolute atomic E-state index is 11.9. The van der Waals surface area contributed by atoms with Gasteiger partial charge in [-0.15, -0.1) is 6.42 Å². The quantitative estimate of drug-likeness (QED) is 0.583. The molecule has 0 aromatic rings. The molecule has 2 rings (SSSR count). The van der Waals surface area contributed by atoms with Crippen LogP contribution in [0.1, 0.15) is 27.2 Å². The molecule has 2 heterocycles. The largest absolute Gasteiger partial charge is 0.444 e. The number of ether oxygens (including phenoxy) is 2. The summed E-state index contributed by atoms with van der Waals surface area (Å²) in [5.41, 5.74) is -1.04. The Kier molecular flexibility index (Phi) is 2.39. The first kappa shape index (κ1) is 11.3. The highest BCUT2D eigenvalue weighted by Crippen LogP contribution is 2.37. The number of hydrogen-bond donors (Lipinski definition) is 0. The first-order valence-electron chi connectivity index (χ1n) is 5.47. The number of amides is 1. The number of hydrogen-bond acceptors (Lipinski definition) is 3. The second-order valence-corrected chi connectivity index (χ2v) is 5.42. The zero-order valence-electron chi connectivity index (χ0n) is 9.95. The first-order chi connectivity index (χ1) is 7.35. The van der Waals surface area contributed by atoms with Crippen LogP contribution in [0.3, 0.4) is 0 Å². The lowest BCUT2D eigenvalue weighted by atomic mass is 10.1. The predicted molar refractivity (Wildman–Crippen MR) is 58.9 cm³/mol. The van der Waals surface area contributed by atoms with Crippen molar-refractivity contribution < 1.29 is 14.3 Å². The lowest BCUT2D eigenvalue weighted by Gasteiger charge is -2.31. The van der Waals surface area contributed by atoms with Crippen molar-refractivity contribution in [3.8, 4) is 12.3 Å². The molecule has 2 atom stereocenters. The van der Waals surface area contributed by atoms with Gasteiger partial charge in [0, 0.05) is 6.42 Å². The van der Waals surface area contributed by atoms with Gasteiger partial charge in [-0.2, -0.15) is 0 Å². The zero-order chi connectivity index (χ0) is 12.0. The molecule has 0 aromatic carbocycles.